The normalized spacial score (nSPS) is 12.6. The fourth-order valence-corrected chi connectivity index (χ4v) is 7.29. The Bertz CT molecular complexity index is 1080. The molecule has 0 unspecified atom stereocenters. The van der Waals surface area contributed by atoms with Gasteiger partial charge in [0.15, 0.2) is 0 Å². The lowest BCUT2D eigenvalue weighted by Crippen LogP contribution is -2.45. The van der Waals surface area contributed by atoms with Gasteiger partial charge in [-0.1, -0.05) is 6.07 Å². The molecule has 2 aromatic rings. The van der Waals surface area contributed by atoms with Crippen LogP contribution in [-0.2, 0) is 22.4 Å². The van der Waals surface area contributed by atoms with E-state index in [-0.39, 0.29) is 23.9 Å². The standard InChI is InChI=1S/C28H39I3N4O4/c1-32-23(16-18-9-10-25(38-4)20(29)13-18)27(36)33-11-7-6-8-12-34-28(37)24(35(2)3)17-19-14-21(30)26(39-5)22(31)15-19/h9-10,13-15,23-24,32H,6-8,11-12,16-17H2,1-5H3,(H,33,36)(H,34,37)/t23-,24-/m0/s1. The number of carbonyl (C=O) groups is 2. The van der Waals surface area contributed by atoms with Gasteiger partial charge in [0.2, 0.25) is 11.8 Å². The minimum absolute atomic E-state index is 0.00620. The van der Waals surface area contributed by atoms with E-state index in [0.717, 1.165) is 52.6 Å². The fraction of sp³-hybridized carbons (Fsp3) is 0.500. The molecule has 0 aromatic heterocycles. The number of amides is 2. The van der Waals surface area contributed by atoms with Gasteiger partial charge in [-0.2, -0.15) is 0 Å². The third kappa shape index (κ3) is 11.1. The molecule has 2 atom stereocenters. The molecule has 3 N–H and O–H groups in total. The molecule has 2 rings (SSSR count). The zero-order valence-corrected chi connectivity index (χ0v) is 29.7. The van der Waals surface area contributed by atoms with Gasteiger partial charge in [0, 0.05) is 13.1 Å². The molecule has 0 heterocycles. The van der Waals surface area contributed by atoms with Crippen LogP contribution in [0.4, 0.5) is 0 Å². The molecule has 2 amide bonds. The van der Waals surface area contributed by atoms with Crippen LogP contribution in [0.5, 0.6) is 11.5 Å². The van der Waals surface area contributed by atoms with Crippen LogP contribution < -0.4 is 25.4 Å². The number of methoxy groups -OCH3 is 2. The zero-order chi connectivity index (χ0) is 28.9. The zero-order valence-electron chi connectivity index (χ0n) is 23.2. The Morgan fingerprint density at radius 2 is 1.41 bits per heavy atom. The van der Waals surface area contributed by atoms with Crippen molar-refractivity contribution in [2.75, 3.05) is 48.5 Å². The summed E-state index contributed by atoms with van der Waals surface area (Å²) >= 11 is 6.78. The first-order valence-electron chi connectivity index (χ1n) is 12.8. The summed E-state index contributed by atoms with van der Waals surface area (Å²) in [5, 5.41) is 9.24. The molecule has 0 aliphatic rings. The van der Waals surface area contributed by atoms with Gasteiger partial charge in [-0.05, 0) is 156 Å². The van der Waals surface area contributed by atoms with E-state index in [4.69, 9.17) is 9.47 Å². The molecule has 8 nitrogen and oxygen atoms in total. The molecular formula is C28H39I3N4O4. The van der Waals surface area contributed by atoms with E-state index >= 15 is 0 Å². The molecule has 0 saturated heterocycles. The number of nitrogens with zero attached hydrogens (tertiary/aromatic N) is 1. The highest BCUT2D eigenvalue weighted by Gasteiger charge is 2.22. The van der Waals surface area contributed by atoms with Crippen LogP contribution in [0.25, 0.3) is 0 Å². The molecule has 0 radical (unpaired) electrons. The van der Waals surface area contributed by atoms with Crippen LogP contribution in [0.1, 0.15) is 30.4 Å². The van der Waals surface area contributed by atoms with Crippen molar-refractivity contribution >= 4 is 79.6 Å². The molecule has 11 heteroatoms. The van der Waals surface area contributed by atoms with Crippen molar-refractivity contribution in [1.82, 2.24) is 20.9 Å². The van der Waals surface area contributed by atoms with E-state index in [1.165, 1.54) is 0 Å². The highest BCUT2D eigenvalue weighted by atomic mass is 127. The van der Waals surface area contributed by atoms with Crippen LogP contribution in [-0.4, -0.2) is 77.3 Å². The van der Waals surface area contributed by atoms with Crippen LogP contribution in [0, 0.1) is 10.7 Å². The predicted octanol–water partition coefficient (Wildman–Crippen LogP) is 4.22. The van der Waals surface area contributed by atoms with Gasteiger partial charge in [0.25, 0.3) is 0 Å². The molecular weight excluding hydrogens is 837 g/mol. The molecule has 0 bridgehead atoms. The first-order valence-corrected chi connectivity index (χ1v) is 16.1. The van der Waals surface area contributed by atoms with E-state index in [9.17, 15) is 9.59 Å². The van der Waals surface area contributed by atoms with Crippen molar-refractivity contribution in [2.24, 2.45) is 0 Å². The van der Waals surface area contributed by atoms with Crippen molar-refractivity contribution in [3.8, 4) is 11.5 Å². The molecule has 39 heavy (non-hydrogen) atoms. The number of ether oxygens (including phenoxy) is 2. The van der Waals surface area contributed by atoms with E-state index < -0.39 is 0 Å². The highest BCUT2D eigenvalue weighted by molar-refractivity contribution is 14.1. The lowest BCUT2D eigenvalue weighted by Gasteiger charge is -2.24. The first kappa shape index (κ1) is 34.3. The van der Waals surface area contributed by atoms with Crippen LogP contribution in [0.15, 0.2) is 30.3 Å². The molecule has 0 spiro atoms. The third-order valence-electron chi connectivity index (χ3n) is 6.39. The van der Waals surface area contributed by atoms with Crippen LogP contribution in [0.3, 0.4) is 0 Å². The van der Waals surface area contributed by atoms with E-state index in [0.29, 0.717) is 25.9 Å². The Kier molecular flexibility index (Phi) is 15.7. The van der Waals surface area contributed by atoms with Gasteiger partial charge in [-0.15, -0.1) is 0 Å². The number of likely N-dealkylation sites (N-methyl/N-ethyl adjacent to an activating group) is 2. The number of hydrogen-bond acceptors (Lipinski definition) is 6. The van der Waals surface area contributed by atoms with E-state index in [1.54, 1.807) is 21.3 Å². The highest BCUT2D eigenvalue weighted by Crippen LogP contribution is 2.29. The van der Waals surface area contributed by atoms with Crippen molar-refractivity contribution in [1.29, 1.82) is 0 Å². The first-order chi connectivity index (χ1) is 18.6. The summed E-state index contributed by atoms with van der Waals surface area (Å²) in [6.07, 6.45) is 3.88. The average molecular weight is 876 g/mol. The minimum Gasteiger partial charge on any atom is -0.496 e. The Balaban J connectivity index is 1.72. The van der Waals surface area contributed by atoms with Gasteiger partial charge < -0.3 is 25.4 Å². The maximum absolute atomic E-state index is 12.9. The Labute approximate surface area is 273 Å². The number of halogens is 3. The summed E-state index contributed by atoms with van der Waals surface area (Å²) in [6, 6.07) is 9.58. The number of hydrogen-bond donors (Lipinski definition) is 3. The second-order valence-corrected chi connectivity index (χ2v) is 12.9. The van der Waals surface area contributed by atoms with Crippen LogP contribution >= 0.6 is 67.8 Å². The van der Waals surface area contributed by atoms with Crippen molar-refractivity contribution in [3.63, 3.8) is 0 Å². The van der Waals surface area contributed by atoms with Gasteiger partial charge in [-0.3, -0.25) is 14.5 Å². The molecule has 0 aliphatic heterocycles. The van der Waals surface area contributed by atoms with E-state index in [2.05, 4.69) is 95.9 Å². The van der Waals surface area contributed by atoms with Crippen molar-refractivity contribution < 1.29 is 19.1 Å². The number of nitrogens with one attached hydrogen (secondary N) is 3. The van der Waals surface area contributed by atoms with Gasteiger partial charge in [0.1, 0.15) is 11.5 Å². The molecule has 2 aromatic carbocycles. The monoisotopic (exact) mass is 876 g/mol. The van der Waals surface area contributed by atoms with E-state index in [1.807, 2.05) is 37.2 Å². The average Bonchev–Trinajstić information content (AvgIpc) is 2.89. The quantitative estimate of drug-likeness (QED) is 0.173. The summed E-state index contributed by atoms with van der Waals surface area (Å²) in [6.45, 7) is 1.23. The fourth-order valence-electron chi connectivity index (χ4n) is 4.15. The van der Waals surface area contributed by atoms with Gasteiger partial charge in [-0.25, -0.2) is 0 Å². The van der Waals surface area contributed by atoms with Gasteiger partial charge >= 0.3 is 0 Å². The Morgan fingerprint density at radius 3 is 1.92 bits per heavy atom. The maximum Gasteiger partial charge on any atom is 0.237 e. The topological polar surface area (TPSA) is 91.9 Å². The Morgan fingerprint density at radius 1 is 0.821 bits per heavy atom. The number of benzene rings is 2. The summed E-state index contributed by atoms with van der Waals surface area (Å²) in [5.41, 5.74) is 2.19. The minimum atomic E-state index is -0.297. The maximum atomic E-state index is 12.9. The molecule has 0 aliphatic carbocycles. The lowest BCUT2D eigenvalue weighted by molar-refractivity contribution is -0.125. The van der Waals surface area contributed by atoms with Crippen LogP contribution in [0.2, 0.25) is 0 Å². The second kappa shape index (κ2) is 17.8. The number of carbonyl (C=O) groups excluding carboxylic acids is 2. The predicted molar refractivity (Wildman–Crippen MR) is 182 cm³/mol. The smallest absolute Gasteiger partial charge is 0.237 e. The van der Waals surface area contributed by atoms with Gasteiger partial charge in [0.05, 0.1) is 37.0 Å². The Hall–Kier alpha value is -0.910. The second-order valence-electron chi connectivity index (χ2n) is 9.43. The summed E-state index contributed by atoms with van der Waals surface area (Å²) in [5.74, 6) is 1.73. The molecule has 0 fully saturated rings. The number of rotatable bonds is 16. The largest absolute Gasteiger partial charge is 0.496 e. The lowest BCUT2D eigenvalue weighted by atomic mass is 10.0. The van der Waals surface area contributed by atoms with Crippen molar-refractivity contribution in [2.45, 2.75) is 44.2 Å². The number of unbranched alkanes of at least 4 members (excludes halogenated alkanes) is 2. The van der Waals surface area contributed by atoms with Crippen molar-refractivity contribution in [3.05, 3.63) is 52.2 Å². The summed E-state index contributed by atoms with van der Waals surface area (Å²) in [7, 11) is 8.99. The molecule has 0 saturated carbocycles. The summed E-state index contributed by atoms with van der Waals surface area (Å²) in [4.78, 5) is 27.5. The third-order valence-corrected chi connectivity index (χ3v) is 8.84. The molecule has 216 valence electrons. The summed E-state index contributed by atoms with van der Waals surface area (Å²) < 4.78 is 13.9. The SMILES string of the molecule is CN[C@@H](Cc1ccc(OC)c(I)c1)C(=O)NCCCCCNC(=O)[C@H](Cc1cc(I)c(OC)c(I)c1)N(C)C.